The summed E-state index contributed by atoms with van der Waals surface area (Å²) in [4.78, 5) is 13.3. The number of ketones is 1. The molecular formula is C29H30O3. The number of ether oxygens (including phenoxy) is 1. The van der Waals surface area contributed by atoms with Gasteiger partial charge in [0.25, 0.3) is 0 Å². The predicted molar refractivity (Wildman–Crippen MR) is 128 cm³/mol. The van der Waals surface area contributed by atoms with Crippen LogP contribution in [0.1, 0.15) is 55.7 Å². The van der Waals surface area contributed by atoms with Crippen molar-refractivity contribution in [2.75, 3.05) is 0 Å². The lowest BCUT2D eigenvalue weighted by Crippen LogP contribution is -2.37. The van der Waals surface area contributed by atoms with Crippen molar-refractivity contribution in [3.05, 3.63) is 113 Å². The molecular weight excluding hydrogens is 396 g/mol. The number of aliphatic hydroxyl groups excluding tert-OH is 1. The number of aryl methyl sites for hydroxylation is 1. The average molecular weight is 427 g/mol. The Morgan fingerprint density at radius 3 is 2.16 bits per heavy atom. The van der Waals surface area contributed by atoms with Gasteiger partial charge in [-0.05, 0) is 41.5 Å². The van der Waals surface area contributed by atoms with Crippen molar-refractivity contribution in [3.63, 3.8) is 0 Å². The van der Waals surface area contributed by atoms with Crippen LogP contribution >= 0.6 is 0 Å². The van der Waals surface area contributed by atoms with E-state index in [1.807, 2.05) is 60.7 Å². The molecule has 1 atom stereocenters. The minimum Gasteiger partial charge on any atom is -0.508 e. The summed E-state index contributed by atoms with van der Waals surface area (Å²) in [5.41, 5.74) is 2.87. The van der Waals surface area contributed by atoms with Crippen LogP contribution in [-0.2, 0) is 16.6 Å². The van der Waals surface area contributed by atoms with E-state index in [4.69, 9.17) is 4.74 Å². The van der Waals surface area contributed by atoms with Gasteiger partial charge in [0.1, 0.15) is 11.5 Å². The summed E-state index contributed by atoms with van der Waals surface area (Å²) >= 11 is 0. The van der Waals surface area contributed by atoms with Crippen molar-refractivity contribution < 1.29 is 14.6 Å². The van der Waals surface area contributed by atoms with E-state index >= 15 is 0 Å². The van der Waals surface area contributed by atoms with E-state index in [1.165, 1.54) is 5.56 Å². The van der Waals surface area contributed by atoms with Crippen LogP contribution in [0.3, 0.4) is 0 Å². The molecule has 0 radical (unpaired) electrons. The first kappa shape index (κ1) is 21.9. The number of carbonyl (C=O) groups excluding carboxylic acids is 1. The fourth-order valence-corrected chi connectivity index (χ4v) is 4.63. The predicted octanol–water partition coefficient (Wildman–Crippen LogP) is 6.89. The normalized spacial score (nSPS) is 18.8. The number of allylic oxidation sites excluding steroid dienone is 2. The molecule has 0 spiro atoms. The first-order valence-electron chi connectivity index (χ1n) is 11.3. The number of aliphatic hydroxyl groups is 1. The Morgan fingerprint density at radius 2 is 1.50 bits per heavy atom. The quantitative estimate of drug-likeness (QED) is 0.447. The van der Waals surface area contributed by atoms with Crippen molar-refractivity contribution in [2.24, 2.45) is 0 Å². The van der Waals surface area contributed by atoms with Gasteiger partial charge >= 0.3 is 0 Å². The monoisotopic (exact) mass is 426 g/mol. The maximum atomic E-state index is 13.3. The summed E-state index contributed by atoms with van der Waals surface area (Å²) < 4.78 is 6.04. The van der Waals surface area contributed by atoms with Crippen LogP contribution in [0.15, 0.2) is 96.4 Å². The van der Waals surface area contributed by atoms with Gasteiger partial charge in [-0.3, -0.25) is 4.79 Å². The second kappa shape index (κ2) is 9.44. The Balaban J connectivity index is 1.66. The molecule has 3 aromatic carbocycles. The summed E-state index contributed by atoms with van der Waals surface area (Å²) in [6, 6.07) is 28.1. The van der Waals surface area contributed by atoms with Gasteiger partial charge in [0, 0.05) is 18.3 Å². The molecule has 1 unspecified atom stereocenters. The lowest BCUT2D eigenvalue weighted by Gasteiger charge is -2.37. The second-order valence-electron chi connectivity index (χ2n) is 8.98. The highest BCUT2D eigenvalue weighted by Crippen LogP contribution is 2.44. The topological polar surface area (TPSA) is 46.5 Å². The van der Waals surface area contributed by atoms with Crippen LogP contribution in [0.5, 0.6) is 5.75 Å². The zero-order valence-corrected chi connectivity index (χ0v) is 18.8. The van der Waals surface area contributed by atoms with Crippen LogP contribution in [-0.4, -0.2) is 10.9 Å². The minimum atomic E-state index is -0.456. The van der Waals surface area contributed by atoms with Gasteiger partial charge in [-0.15, -0.1) is 0 Å². The molecule has 32 heavy (non-hydrogen) atoms. The standard InChI is InChI=1S/C29H30O3/c1-21(2)24-15-9-10-16-27(24)32-28-25(30)19-29(20-26(28)31,23-13-7-4-8-14-23)18-17-22-11-5-3-6-12-22/h3-16,21,30H,17-20H2,1-2H3. The molecule has 3 heteroatoms. The van der Waals surface area contributed by atoms with E-state index in [2.05, 4.69) is 38.1 Å². The first-order valence-corrected chi connectivity index (χ1v) is 11.3. The van der Waals surface area contributed by atoms with Crippen molar-refractivity contribution >= 4 is 5.78 Å². The van der Waals surface area contributed by atoms with E-state index < -0.39 is 5.41 Å². The van der Waals surface area contributed by atoms with Crippen LogP contribution in [0.2, 0.25) is 0 Å². The Kier molecular flexibility index (Phi) is 6.45. The van der Waals surface area contributed by atoms with E-state index in [-0.39, 0.29) is 23.2 Å². The molecule has 0 amide bonds. The van der Waals surface area contributed by atoms with Crippen molar-refractivity contribution in [3.8, 4) is 5.75 Å². The molecule has 0 fully saturated rings. The zero-order valence-electron chi connectivity index (χ0n) is 18.8. The molecule has 3 aromatic rings. The molecule has 1 N–H and O–H groups in total. The van der Waals surface area contributed by atoms with E-state index in [9.17, 15) is 9.90 Å². The molecule has 3 nitrogen and oxygen atoms in total. The Labute approximate surface area is 190 Å². The lowest BCUT2D eigenvalue weighted by atomic mass is 9.67. The molecule has 1 aliphatic carbocycles. The third-order valence-corrected chi connectivity index (χ3v) is 6.39. The third-order valence-electron chi connectivity index (χ3n) is 6.39. The molecule has 1 aliphatic rings. The SMILES string of the molecule is CC(C)c1ccccc1OC1=C(O)CC(CCc2ccccc2)(c2ccccc2)CC1=O. The zero-order chi connectivity index (χ0) is 22.6. The average Bonchev–Trinajstić information content (AvgIpc) is 2.81. The fourth-order valence-electron chi connectivity index (χ4n) is 4.63. The van der Waals surface area contributed by atoms with Crippen LogP contribution in [0.4, 0.5) is 0 Å². The fraction of sp³-hybridized carbons (Fsp3) is 0.276. The van der Waals surface area contributed by atoms with E-state index in [1.54, 1.807) is 0 Å². The van der Waals surface area contributed by atoms with Gasteiger partial charge in [0.15, 0.2) is 0 Å². The van der Waals surface area contributed by atoms with Gasteiger partial charge in [-0.25, -0.2) is 0 Å². The largest absolute Gasteiger partial charge is 0.508 e. The number of para-hydroxylation sites is 1. The van der Waals surface area contributed by atoms with Crippen LogP contribution in [0, 0.1) is 0 Å². The number of benzene rings is 3. The van der Waals surface area contributed by atoms with E-state index in [0.29, 0.717) is 18.6 Å². The molecule has 0 bridgehead atoms. The highest BCUT2D eigenvalue weighted by atomic mass is 16.5. The summed E-state index contributed by atoms with van der Waals surface area (Å²) in [6.07, 6.45) is 2.30. The summed E-state index contributed by atoms with van der Waals surface area (Å²) in [6.45, 7) is 4.17. The molecule has 0 heterocycles. The smallest absolute Gasteiger partial charge is 0.207 e. The number of Topliss-reactive ketones (excluding diaryl/α,β-unsaturated/α-hetero) is 1. The van der Waals surface area contributed by atoms with Gasteiger partial charge in [-0.1, -0.05) is 92.7 Å². The van der Waals surface area contributed by atoms with Crippen molar-refractivity contribution in [1.82, 2.24) is 0 Å². The lowest BCUT2D eigenvalue weighted by molar-refractivity contribution is -0.120. The van der Waals surface area contributed by atoms with Crippen molar-refractivity contribution in [1.29, 1.82) is 0 Å². The number of rotatable bonds is 7. The molecule has 164 valence electrons. The summed E-state index contributed by atoms with van der Waals surface area (Å²) in [7, 11) is 0. The van der Waals surface area contributed by atoms with Gasteiger partial charge in [0.2, 0.25) is 11.5 Å². The van der Waals surface area contributed by atoms with E-state index in [0.717, 1.165) is 24.0 Å². The molecule has 0 saturated carbocycles. The van der Waals surface area contributed by atoms with Gasteiger partial charge in [0.05, 0.1) is 0 Å². The van der Waals surface area contributed by atoms with Crippen LogP contribution < -0.4 is 4.74 Å². The second-order valence-corrected chi connectivity index (χ2v) is 8.98. The van der Waals surface area contributed by atoms with Gasteiger partial charge < -0.3 is 9.84 Å². The molecule has 4 rings (SSSR count). The maximum absolute atomic E-state index is 13.3. The number of hydrogen-bond acceptors (Lipinski definition) is 3. The molecule has 0 saturated heterocycles. The molecule has 0 aromatic heterocycles. The molecule has 0 aliphatic heterocycles. The highest BCUT2D eigenvalue weighted by molar-refractivity contribution is 5.96. The highest BCUT2D eigenvalue weighted by Gasteiger charge is 2.42. The van der Waals surface area contributed by atoms with Crippen LogP contribution in [0.25, 0.3) is 0 Å². The minimum absolute atomic E-state index is 0.0386. The Hall–Kier alpha value is -3.33. The van der Waals surface area contributed by atoms with Crippen molar-refractivity contribution in [2.45, 2.75) is 50.9 Å². The summed E-state index contributed by atoms with van der Waals surface area (Å²) in [5.74, 6) is 0.862. The maximum Gasteiger partial charge on any atom is 0.207 e. The third kappa shape index (κ3) is 4.62. The van der Waals surface area contributed by atoms with Gasteiger partial charge in [-0.2, -0.15) is 0 Å². The first-order chi connectivity index (χ1) is 15.5. The summed E-state index contributed by atoms with van der Waals surface area (Å²) in [5, 5.41) is 11.1. The Morgan fingerprint density at radius 1 is 0.875 bits per heavy atom. The number of carbonyl (C=O) groups is 1. The number of hydrogen-bond donors (Lipinski definition) is 1. The Bertz CT molecular complexity index is 1100.